The fourth-order valence-electron chi connectivity index (χ4n) is 4.31. The Labute approximate surface area is 82.7 Å². The van der Waals surface area contributed by atoms with Gasteiger partial charge in [0.05, 0.1) is 26.7 Å². The van der Waals surface area contributed by atoms with Gasteiger partial charge in [0, 0.05) is 18.3 Å². The third kappa shape index (κ3) is 1.52. The number of hydrogen-bond donors (Lipinski definition) is 0. The average Bonchev–Trinajstić information content (AvgIpc) is 1.93. The molecule has 76 valence electrons. The van der Waals surface area contributed by atoms with Gasteiger partial charge >= 0.3 is 0 Å². The lowest BCUT2D eigenvalue weighted by Gasteiger charge is -2.38. The van der Waals surface area contributed by atoms with Gasteiger partial charge in [0.25, 0.3) is 0 Å². The molecule has 2 fully saturated rings. The molecule has 0 spiro atoms. The van der Waals surface area contributed by atoms with Gasteiger partial charge in [-0.25, -0.2) is 0 Å². The van der Waals surface area contributed by atoms with E-state index in [-0.39, 0.29) is 0 Å². The Hall–Kier alpha value is -0.0400. The number of hydrogen-bond acceptors (Lipinski definition) is 0. The molecule has 0 aromatic rings. The van der Waals surface area contributed by atoms with Gasteiger partial charge in [-0.3, -0.25) is 0 Å². The summed E-state index contributed by atoms with van der Waals surface area (Å²) in [6, 6.07) is 0.925. The summed E-state index contributed by atoms with van der Waals surface area (Å²) in [5.74, 6) is 0. The van der Waals surface area contributed by atoms with Crippen LogP contribution in [0, 0.1) is 10.8 Å². The van der Waals surface area contributed by atoms with Crippen LogP contribution in [0.15, 0.2) is 0 Å². The highest BCUT2D eigenvalue weighted by molar-refractivity contribution is 4.96. The number of fused-ring (bicyclic) bond motifs is 2. The van der Waals surface area contributed by atoms with Crippen molar-refractivity contribution in [3.8, 4) is 0 Å². The van der Waals surface area contributed by atoms with Crippen LogP contribution in [0.1, 0.15) is 40.0 Å². The fourth-order valence-corrected chi connectivity index (χ4v) is 4.31. The molecule has 1 heterocycles. The highest BCUT2D eigenvalue weighted by atomic mass is 15.4. The van der Waals surface area contributed by atoms with E-state index in [0.717, 1.165) is 6.04 Å². The summed E-state index contributed by atoms with van der Waals surface area (Å²) < 4.78 is 1.26. The standard InChI is InChI=1S/C12H24N/c1-11(2)6-10-7-12(3,8-11)9-13(10,4)5/h10H,6-9H2,1-5H3/q+1/t10?,12-/m0/s1. The Bertz CT molecular complexity index is 225. The lowest BCUT2D eigenvalue weighted by atomic mass is 9.65. The third-order valence-electron chi connectivity index (χ3n) is 4.20. The Morgan fingerprint density at radius 2 is 1.69 bits per heavy atom. The summed E-state index contributed by atoms with van der Waals surface area (Å²) in [5, 5.41) is 0. The monoisotopic (exact) mass is 182 g/mol. The molecule has 2 aliphatic rings. The molecule has 1 unspecified atom stereocenters. The first-order chi connectivity index (χ1) is 5.73. The van der Waals surface area contributed by atoms with Gasteiger partial charge < -0.3 is 4.48 Å². The van der Waals surface area contributed by atoms with Gasteiger partial charge in [-0.2, -0.15) is 0 Å². The van der Waals surface area contributed by atoms with Crippen LogP contribution < -0.4 is 0 Å². The molecule has 1 saturated heterocycles. The van der Waals surface area contributed by atoms with Crippen LogP contribution in [0.5, 0.6) is 0 Å². The second-order valence-electron chi connectivity index (χ2n) is 7.15. The molecule has 1 heteroatoms. The molecule has 0 amide bonds. The smallest absolute Gasteiger partial charge is 0.0899 e. The Morgan fingerprint density at radius 1 is 1.08 bits per heavy atom. The van der Waals surface area contributed by atoms with Gasteiger partial charge in [0.15, 0.2) is 0 Å². The van der Waals surface area contributed by atoms with Crippen molar-refractivity contribution in [2.24, 2.45) is 10.8 Å². The summed E-state index contributed by atoms with van der Waals surface area (Å²) in [6.45, 7) is 8.78. The molecule has 2 atom stereocenters. The minimum atomic E-state index is 0.587. The van der Waals surface area contributed by atoms with E-state index in [1.807, 2.05) is 0 Å². The highest BCUT2D eigenvalue weighted by Gasteiger charge is 2.55. The van der Waals surface area contributed by atoms with Gasteiger partial charge in [0.2, 0.25) is 0 Å². The molecule has 1 aliphatic carbocycles. The third-order valence-corrected chi connectivity index (χ3v) is 4.20. The Morgan fingerprint density at radius 3 is 2.23 bits per heavy atom. The maximum atomic E-state index is 2.49. The largest absolute Gasteiger partial charge is 0.326 e. The Kier molecular flexibility index (Phi) is 1.69. The van der Waals surface area contributed by atoms with Gasteiger partial charge in [-0.1, -0.05) is 20.8 Å². The lowest BCUT2D eigenvalue weighted by Crippen LogP contribution is -2.44. The molecule has 2 rings (SSSR count). The van der Waals surface area contributed by atoms with Crippen molar-refractivity contribution in [3.63, 3.8) is 0 Å². The molecule has 1 nitrogen and oxygen atoms in total. The van der Waals surface area contributed by atoms with Crippen molar-refractivity contribution >= 4 is 0 Å². The summed E-state index contributed by atoms with van der Waals surface area (Å²) in [5.41, 5.74) is 1.22. The SMILES string of the molecule is CC1(C)CC2C[C@@](C)(C1)C[N+]2(C)C. The quantitative estimate of drug-likeness (QED) is 0.505. The predicted molar refractivity (Wildman–Crippen MR) is 56.5 cm³/mol. The van der Waals surface area contributed by atoms with Gasteiger partial charge in [-0.05, 0) is 11.8 Å². The normalized spacial score (nSPS) is 46.4. The fraction of sp³-hybridized carbons (Fsp3) is 1.00. The molecule has 0 radical (unpaired) electrons. The summed E-state index contributed by atoms with van der Waals surface area (Å²) >= 11 is 0. The highest BCUT2D eigenvalue weighted by Crippen LogP contribution is 2.54. The van der Waals surface area contributed by atoms with Crippen LogP contribution in [0.3, 0.4) is 0 Å². The molecule has 1 saturated carbocycles. The second-order valence-corrected chi connectivity index (χ2v) is 7.15. The van der Waals surface area contributed by atoms with E-state index in [1.54, 1.807) is 0 Å². The number of rotatable bonds is 0. The van der Waals surface area contributed by atoms with Crippen molar-refractivity contribution in [2.45, 2.75) is 46.1 Å². The van der Waals surface area contributed by atoms with Gasteiger partial charge in [-0.15, -0.1) is 0 Å². The number of quaternary nitrogens is 1. The minimum Gasteiger partial charge on any atom is -0.326 e. The molecule has 13 heavy (non-hydrogen) atoms. The van der Waals surface area contributed by atoms with E-state index in [0.29, 0.717) is 10.8 Å². The minimum absolute atomic E-state index is 0.587. The molecular weight excluding hydrogens is 158 g/mol. The van der Waals surface area contributed by atoms with Crippen LogP contribution in [0.4, 0.5) is 0 Å². The van der Waals surface area contributed by atoms with E-state index < -0.39 is 0 Å². The average molecular weight is 182 g/mol. The van der Waals surface area contributed by atoms with E-state index >= 15 is 0 Å². The maximum absolute atomic E-state index is 2.49. The molecule has 0 N–H and O–H groups in total. The topological polar surface area (TPSA) is 0 Å². The van der Waals surface area contributed by atoms with Crippen molar-refractivity contribution in [1.29, 1.82) is 0 Å². The molecule has 0 aromatic heterocycles. The van der Waals surface area contributed by atoms with Crippen molar-refractivity contribution < 1.29 is 4.48 Å². The molecule has 2 bridgehead atoms. The molecular formula is C12H24N+. The van der Waals surface area contributed by atoms with E-state index in [2.05, 4.69) is 34.9 Å². The Balaban J connectivity index is 2.29. The summed E-state index contributed by atoms with van der Waals surface area (Å²) in [7, 11) is 4.83. The predicted octanol–water partition coefficient (Wildman–Crippen LogP) is 2.66. The van der Waals surface area contributed by atoms with Crippen molar-refractivity contribution in [3.05, 3.63) is 0 Å². The first kappa shape index (κ1) is 9.51. The van der Waals surface area contributed by atoms with Crippen molar-refractivity contribution in [2.75, 3.05) is 20.6 Å². The maximum Gasteiger partial charge on any atom is 0.0899 e. The van der Waals surface area contributed by atoms with E-state index in [1.165, 1.54) is 30.3 Å². The van der Waals surface area contributed by atoms with Crippen molar-refractivity contribution in [1.82, 2.24) is 0 Å². The first-order valence-corrected chi connectivity index (χ1v) is 5.55. The molecule has 1 aliphatic heterocycles. The van der Waals surface area contributed by atoms with Gasteiger partial charge in [0.1, 0.15) is 0 Å². The zero-order valence-electron chi connectivity index (χ0n) is 9.85. The lowest BCUT2D eigenvalue weighted by molar-refractivity contribution is -0.904. The first-order valence-electron chi connectivity index (χ1n) is 5.55. The second kappa shape index (κ2) is 2.31. The van der Waals surface area contributed by atoms with Crippen LogP contribution >= 0.6 is 0 Å². The zero-order valence-corrected chi connectivity index (χ0v) is 9.85. The summed E-state index contributed by atoms with van der Waals surface area (Å²) in [4.78, 5) is 0. The summed E-state index contributed by atoms with van der Waals surface area (Å²) in [6.07, 6.45) is 4.32. The van der Waals surface area contributed by atoms with E-state index in [4.69, 9.17) is 0 Å². The van der Waals surface area contributed by atoms with Crippen LogP contribution in [-0.2, 0) is 0 Å². The zero-order chi connectivity index (χ0) is 9.91. The van der Waals surface area contributed by atoms with Crippen LogP contribution in [-0.4, -0.2) is 31.2 Å². The number of likely N-dealkylation sites (tertiary alicyclic amines) is 1. The van der Waals surface area contributed by atoms with Crippen LogP contribution in [0.25, 0.3) is 0 Å². The van der Waals surface area contributed by atoms with Crippen LogP contribution in [0.2, 0.25) is 0 Å². The molecule has 0 aromatic carbocycles. The van der Waals surface area contributed by atoms with E-state index in [9.17, 15) is 0 Å². The number of nitrogens with zero attached hydrogens (tertiary/aromatic N) is 1.